The number of carbonyl (C=O) groups excluding carboxylic acids is 1. The van der Waals surface area contributed by atoms with E-state index in [0.29, 0.717) is 11.5 Å². The average molecular weight is 338 g/mol. The van der Waals surface area contributed by atoms with E-state index in [1.165, 1.54) is 17.8 Å². The molecule has 0 radical (unpaired) electrons. The first kappa shape index (κ1) is 17.1. The number of carboxylic acid groups (broad SMARTS) is 1. The average Bonchev–Trinajstić information content (AvgIpc) is 2.67. The van der Waals surface area contributed by atoms with Crippen LogP contribution in [-0.4, -0.2) is 40.0 Å². The van der Waals surface area contributed by atoms with Gasteiger partial charge in [-0.2, -0.15) is 0 Å². The molecule has 130 valence electrons. The number of likely N-dealkylation sites (tertiary alicyclic amines) is 1. The molecule has 3 rings (SSSR count). The number of hydrogen-bond acceptors (Lipinski definition) is 3. The largest absolute Gasteiger partial charge is 0.477 e. The predicted octanol–water partition coefficient (Wildman–Crippen LogP) is 3.26. The van der Waals surface area contributed by atoms with E-state index in [9.17, 15) is 9.59 Å². The molecule has 0 unspecified atom stereocenters. The van der Waals surface area contributed by atoms with E-state index in [2.05, 4.69) is 29.2 Å². The van der Waals surface area contributed by atoms with Gasteiger partial charge in [0.05, 0.1) is 0 Å². The normalized spacial score (nSPS) is 15.1. The lowest BCUT2D eigenvalue weighted by Crippen LogP contribution is -2.38. The molecular formula is C20H22N2O3. The first-order valence-corrected chi connectivity index (χ1v) is 8.66. The Hall–Kier alpha value is -2.69. The van der Waals surface area contributed by atoms with Crippen molar-refractivity contribution in [2.45, 2.75) is 25.7 Å². The number of piperidine rings is 1. The van der Waals surface area contributed by atoms with Crippen molar-refractivity contribution in [2.75, 3.05) is 13.1 Å². The molecule has 0 saturated carbocycles. The maximum atomic E-state index is 12.6. The number of hydrogen-bond donors (Lipinski definition) is 1. The van der Waals surface area contributed by atoms with Crippen LogP contribution in [0.1, 0.15) is 45.7 Å². The molecule has 1 fully saturated rings. The Balaban J connectivity index is 1.52. The fraction of sp³-hybridized carbons (Fsp3) is 0.350. The molecule has 0 aliphatic carbocycles. The number of nitrogens with zero attached hydrogens (tertiary/aromatic N) is 2. The highest BCUT2D eigenvalue weighted by Gasteiger charge is 2.24. The topological polar surface area (TPSA) is 70.5 Å². The Morgan fingerprint density at radius 3 is 2.52 bits per heavy atom. The van der Waals surface area contributed by atoms with Gasteiger partial charge in [-0.15, -0.1) is 0 Å². The number of aromatic nitrogens is 1. The number of aryl methyl sites for hydroxylation is 1. The summed E-state index contributed by atoms with van der Waals surface area (Å²) < 4.78 is 0. The summed E-state index contributed by atoms with van der Waals surface area (Å²) in [6.45, 7) is 1.45. The van der Waals surface area contributed by atoms with E-state index < -0.39 is 5.97 Å². The molecule has 5 heteroatoms. The van der Waals surface area contributed by atoms with Crippen LogP contribution < -0.4 is 0 Å². The van der Waals surface area contributed by atoms with Crippen molar-refractivity contribution in [3.05, 3.63) is 65.5 Å². The van der Waals surface area contributed by atoms with Crippen molar-refractivity contribution in [1.82, 2.24) is 9.88 Å². The summed E-state index contributed by atoms with van der Waals surface area (Å²) in [4.78, 5) is 29.1. The second kappa shape index (κ2) is 7.92. The lowest BCUT2D eigenvalue weighted by Gasteiger charge is -2.32. The molecule has 2 aromatic rings. The van der Waals surface area contributed by atoms with Crippen LogP contribution in [0.15, 0.2) is 48.7 Å². The minimum Gasteiger partial charge on any atom is -0.477 e. The molecular weight excluding hydrogens is 316 g/mol. The minimum absolute atomic E-state index is 0.0939. The second-order valence-electron chi connectivity index (χ2n) is 6.49. The van der Waals surface area contributed by atoms with E-state index in [0.717, 1.165) is 38.8 Å². The molecule has 1 amide bonds. The number of carboxylic acids is 1. The molecule has 2 heterocycles. The summed E-state index contributed by atoms with van der Waals surface area (Å²) in [5, 5.41) is 9.00. The number of benzene rings is 1. The van der Waals surface area contributed by atoms with Crippen LogP contribution in [0.25, 0.3) is 0 Å². The van der Waals surface area contributed by atoms with Gasteiger partial charge in [-0.1, -0.05) is 30.3 Å². The SMILES string of the molecule is O=C(O)c1cc(C(=O)N2CCC(CCc3ccccc3)CC2)ccn1. The number of pyridine rings is 1. The Morgan fingerprint density at radius 2 is 1.84 bits per heavy atom. The summed E-state index contributed by atoms with van der Waals surface area (Å²) in [6.07, 6.45) is 5.59. The molecule has 1 aromatic carbocycles. The summed E-state index contributed by atoms with van der Waals surface area (Å²) >= 11 is 0. The zero-order valence-corrected chi connectivity index (χ0v) is 14.1. The lowest BCUT2D eigenvalue weighted by molar-refractivity contribution is 0.0686. The van der Waals surface area contributed by atoms with Crippen molar-refractivity contribution in [3.8, 4) is 0 Å². The van der Waals surface area contributed by atoms with Crippen molar-refractivity contribution < 1.29 is 14.7 Å². The summed E-state index contributed by atoms with van der Waals surface area (Å²) in [5.74, 6) is -0.586. The quantitative estimate of drug-likeness (QED) is 0.908. The van der Waals surface area contributed by atoms with Crippen molar-refractivity contribution in [2.24, 2.45) is 5.92 Å². The standard InChI is InChI=1S/C20H22N2O3/c23-19(17-8-11-21-18(14-17)20(24)25)22-12-9-16(10-13-22)7-6-15-4-2-1-3-5-15/h1-5,8,11,14,16H,6-7,9-10,12-13H2,(H,24,25). The van der Waals surface area contributed by atoms with Gasteiger partial charge in [0.2, 0.25) is 0 Å². The lowest BCUT2D eigenvalue weighted by atomic mass is 9.90. The zero-order valence-electron chi connectivity index (χ0n) is 14.1. The smallest absolute Gasteiger partial charge is 0.354 e. The van der Waals surface area contributed by atoms with Crippen molar-refractivity contribution in [1.29, 1.82) is 0 Å². The van der Waals surface area contributed by atoms with Gasteiger partial charge in [0.25, 0.3) is 5.91 Å². The molecule has 1 N–H and O–H groups in total. The number of amides is 1. The van der Waals surface area contributed by atoms with E-state index >= 15 is 0 Å². The van der Waals surface area contributed by atoms with Gasteiger partial charge in [0, 0.05) is 24.8 Å². The van der Waals surface area contributed by atoms with Gasteiger partial charge < -0.3 is 10.0 Å². The van der Waals surface area contributed by atoms with Gasteiger partial charge in [-0.25, -0.2) is 9.78 Å². The number of aromatic carboxylic acids is 1. The van der Waals surface area contributed by atoms with Gasteiger partial charge >= 0.3 is 5.97 Å². The van der Waals surface area contributed by atoms with Gasteiger partial charge in [-0.3, -0.25) is 4.79 Å². The first-order valence-electron chi connectivity index (χ1n) is 8.66. The van der Waals surface area contributed by atoms with Gasteiger partial charge in [-0.05, 0) is 49.3 Å². The second-order valence-corrected chi connectivity index (χ2v) is 6.49. The fourth-order valence-corrected chi connectivity index (χ4v) is 3.30. The van der Waals surface area contributed by atoms with E-state index in [1.54, 1.807) is 6.07 Å². The third-order valence-electron chi connectivity index (χ3n) is 4.81. The van der Waals surface area contributed by atoms with Crippen LogP contribution >= 0.6 is 0 Å². The summed E-state index contributed by atoms with van der Waals surface area (Å²) in [7, 11) is 0. The Morgan fingerprint density at radius 1 is 1.12 bits per heavy atom. The monoisotopic (exact) mass is 338 g/mol. The molecule has 1 aromatic heterocycles. The highest BCUT2D eigenvalue weighted by Crippen LogP contribution is 2.23. The van der Waals surface area contributed by atoms with Gasteiger partial charge in [0.15, 0.2) is 0 Å². The first-order chi connectivity index (χ1) is 12.1. The molecule has 0 atom stereocenters. The summed E-state index contributed by atoms with van der Waals surface area (Å²) in [5.41, 5.74) is 1.66. The maximum Gasteiger partial charge on any atom is 0.354 e. The Bertz CT molecular complexity index is 738. The Labute approximate surface area is 147 Å². The maximum absolute atomic E-state index is 12.6. The van der Waals surface area contributed by atoms with Crippen LogP contribution in [0, 0.1) is 5.92 Å². The van der Waals surface area contributed by atoms with E-state index in [-0.39, 0.29) is 11.6 Å². The van der Waals surface area contributed by atoms with Crippen molar-refractivity contribution >= 4 is 11.9 Å². The van der Waals surface area contributed by atoms with E-state index in [4.69, 9.17) is 5.11 Å². The highest BCUT2D eigenvalue weighted by molar-refractivity contribution is 5.96. The molecule has 1 aliphatic rings. The molecule has 0 bridgehead atoms. The molecule has 1 saturated heterocycles. The van der Waals surface area contributed by atoms with Crippen LogP contribution in [-0.2, 0) is 6.42 Å². The third kappa shape index (κ3) is 4.44. The third-order valence-corrected chi connectivity index (χ3v) is 4.81. The molecule has 1 aliphatic heterocycles. The molecule has 25 heavy (non-hydrogen) atoms. The highest BCUT2D eigenvalue weighted by atomic mass is 16.4. The molecule has 0 spiro atoms. The number of carbonyl (C=O) groups is 2. The van der Waals surface area contributed by atoms with Gasteiger partial charge in [0.1, 0.15) is 5.69 Å². The van der Waals surface area contributed by atoms with Crippen LogP contribution in [0.2, 0.25) is 0 Å². The number of rotatable bonds is 5. The van der Waals surface area contributed by atoms with Crippen LogP contribution in [0.4, 0.5) is 0 Å². The van der Waals surface area contributed by atoms with Crippen LogP contribution in [0.5, 0.6) is 0 Å². The zero-order chi connectivity index (χ0) is 17.6. The van der Waals surface area contributed by atoms with Crippen molar-refractivity contribution in [3.63, 3.8) is 0 Å². The predicted molar refractivity (Wildman–Crippen MR) is 94.6 cm³/mol. The van der Waals surface area contributed by atoms with E-state index in [1.807, 2.05) is 11.0 Å². The molecule has 5 nitrogen and oxygen atoms in total. The van der Waals surface area contributed by atoms with Crippen LogP contribution in [0.3, 0.4) is 0 Å². The minimum atomic E-state index is -1.12. The fourth-order valence-electron chi connectivity index (χ4n) is 3.30. The Kier molecular flexibility index (Phi) is 5.43. The summed E-state index contributed by atoms with van der Waals surface area (Å²) in [6, 6.07) is 13.4.